The molecule has 0 aliphatic rings. The van der Waals surface area contributed by atoms with Crippen LogP contribution in [0.5, 0.6) is 0 Å². The van der Waals surface area contributed by atoms with Gasteiger partial charge in [-0.25, -0.2) is 0 Å². The highest BCUT2D eigenvalue weighted by molar-refractivity contribution is 6.35. The molecule has 1 aromatic carbocycles. The first-order chi connectivity index (χ1) is 11.5. The zero-order chi connectivity index (χ0) is 17.3. The van der Waals surface area contributed by atoms with E-state index in [-0.39, 0.29) is 11.9 Å². The first-order valence-electron chi connectivity index (χ1n) is 7.84. The number of aryl methyl sites for hydroxylation is 2. The highest BCUT2D eigenvalue weighted by atomic mass is 35.5. The summed E-state index contributed by atoms with van der Waals surface area (Å²) in [5.74, 6) is 0.0874. The number of fused-ring (bicyclic) bond motifs is 1. The van der Waals surface area contributed by atoms with E-state index in [4.69, 9.17) is 16.0 Å². The Hall–Kier alpha value is -2.33. The number of nitrogens with one attached hydrogen (secondary N) is 1. The van der Waals surface area contributed by atoms with Crippen LogP contribution in [0.3, 0.4) is 0 Å². The maximum Gasteiger partial charge on any atom is 0.287 e. The van der Waals surface area contributed by atoms with E-state index < -0.39 is 0 Å². The summed E-state index contributed by atoms with van der Waals surface area (Å²) < 4.78 is 5.74. The molecule has 0 saturated heterocycles. The summed E-state index contributed by atoms with van der Waals surface area (Å²) in [6.45, 7) is 5.80. The van der Waals surface area contributed by atoms with E-state index in [2.05, 4.69) is 10.3 Å². The Morgan fingerprint density at radius 2 is 2.17 bits per heavy atom. The van der Waals surface area contributed by atoms with Gasteiger partial charge in [0.05, 0.1) is 5.02 Å². The third kappa shape index (κ3) is 3.29. The first-order valence-corrected chi connectivity index (χ1v) is 8.22. The van der Waals surface area contributed by atoms with Gasteiger partial charge in [0.25, 0.3) is 5.91 Å². The highest BCUT2D eigenvalue weighted by Crippen LogP contribution is 2.32. The van der Waals surface area contributed by atoms with Gasteiger partial charge in [0.1, 0.15) is 0 Å². The molecule has 1 unspecified atom stereocenters. The largest absolute Gasteiger partial charge is 0.449 e. The van der Waals surface area contributed by atoms with Crippen LogP contribution in [0, 0.1) is 13.8 Å². The molecule has 124 valence electrons. The minimum atomic E-state index is -0.228. The van der Waals surface area contributed by atoms with Gasteiger partial charge in [-0.2, -0.15) is 0 Å². The van der Waals surface area contributed by atoms with E-state index in [9.17, 15) is 4.79 Å². The molecule has 0 aliphatic carbocycles. The van der Waals surface area contributed by atoms with Crippen LogP contribution >= 0.6 is 11.6 Å². The minimum Gasteiger partial charge on any atom is -0.449 e. The fourth-order valence-corrected chi connectivity index (χ4v) is 3.15. The van der Waals surface area contributed by atoms with Gasteiger partial charge in [0, 0.05) is 29.4 Å². The van der Waals surface area contributed by atoms with Gasteiger partial charge in [0.2, 0.25) is 0 Å². The molecular weight excluding hydrogens is 324 g/mol. The number of halogens is 1. The normalized spacial score (nSPS) is 12.3. The molecule has 0 fully saturated rings. The fourth-order valence-electron chi connectivity index (χ4n) is 2.84. The third-order valence-electron chi connectivity index (χ3n) is 3.99. The second-order valence-corrected chi connectivity index (χ2v) is 6.53. The van der Waals surface area contributed by atoms with Gasteiger partial charge >= 0.3 is 0 Å². The quantitative estimate of drug-likeness (QED) is 0.761. The Morgan fingerprint density at radius 3 is 2.88 bits per heavy atom. The summed E-state index contributed by atoms with van der Waals surface area (Å²) in [5, 5.41) is 4.38. The molecule has 0 saturated carbocycles. The highest BCUT2D eigenvalue weighted by Gasteiger charge is 2.20. The monoisotopic (exact) mass is 342 g/mol. The second kappa shape index (κ2) is 6.65. The van der Waals surface area contributed by atoms with Crippen molar-refractivity contribution < 1.29 is 9.21 Å². The van der Waals surface area contributed by atoms with Crippen LogP contribution in [0.2, 0.25) is 5.02 Å². The number of rotatable bonds is 4. The van der Waals surface area contributed by atoms with Crippen LogP contribution in [0.15, 0.2) is 41.1 Å². The van der Waals surface area contributed by atoms with Gasteiger partial charge in [-0.1, -0.05) is 17.7 Å². The number of pyridine rings is 1. The molecule has 2 heterocycles. The number of carbonyl (C=O) groups is 1. The lowest BCUT2D eigenvalue weighted by Crippen LogP contribution is -2.34. The molecule has 4 nitrogen and oxygen atoms in total. The maximum absolute atomic E-state index is 12.6. The van der Waals surface area contributed by atoms with E-state index in [1.165, 1.54) is 0 Å². The number of benzene rings is 1. The average molecular weight is 343 g/mol. The number of hydrogen-bond donors (Lipinski definition) is 1. The lowest BCUT2D eigenvalue weighted by molar-refractivity contribution is 0.0913. The summed E-state index contributed by atoms with van der Waals surface area (Å²) >= 11 is 6.23. The van der Waals surface area contributed by atoms with Gasteiger partial charge in [0.15, 0.2) is 11.3 Å². The molecule has 3 aromatic rings. The zero-order valence-corrected chi connectivity index (χ0v) is 14.6. The lowest BCUT2D eigenvalue weighted by atomic mass is 10.1. The molecular formula is C19H19ClN2O2. The van der Waals surface area contributed by atoms with Crippen molar-refractivity contribution in [2.45, 2.75) is 33.2 Å². The smallest absolute Gasteiger partial charge is 0.287 e. The van der Waals surface area contributed by atoms with Crippen molar-refractivity contribution in [1.82, 2.24) is 10.3 Å². The Labute approximate surface area is 145 Å². The molecule has 0 spiro atoms. The Balaban J connectivity index is 1.81. The number of hydrogen-bond acceptors (Lipinski definition) is 3. The molecule has 1 atom stereocenters. The third-order valence-corrected chi connectivity index (χ3v) is 4.27. The van der Waals surface area contributed by atoms with Gasteiger partial charge in [-0.15, -0.1) is 0 Å². The van der Waals surface area contributed by atoms with Crippen LogP contribution in [-0.2, 0) is 6.42 Å². The Kier molecular flexibility index (Phi) is 4.58. The van der Waals surface area contributed by atoms with E-state index >= 15 is 0 Å². The van der Waals surface area contributed by atoms with E-state index in [1.54, 1.807) is 12.4 Å². The summed E-state index contributed by atoms with van der Waals surface area (Å²) in [5.41, 5.74) is 3.48. The minimum absolute atomic E-state index is 0.0356. The predicted octanol–water partition coefficient (Wildman–Crippen LogP) is 4.46. The van der Waals surface area contributed by atoms with Crippen LogP contribution in [-0.4, -0.2) is 16.9 Å². The topological polar surface area (TPSA) is 55.1 Å². The Bertz CT molecular complexity index is 887. The second-order valence-electron chi connectivity index (χ2n) is 6.12. The molecule has 1 N–H and O–H groups in total. The van der Waals surface area contributed by atoms with Crippen LogP contribution < -0.4 is 5.32 Å². The van der Waals surface area contributed by atoms with Crippen molar-refractivity contribution in [3.05, 3.63) is 64.1 Å². The van der Waals surface area contributed by atoms with Crippen LogP contribution in [0.4, 0.5) is 0 Å². The first kappa shape index (κ1) is 16.5. The number of carbonyl (C=O) groups excluding carboxylic acids is 1. The van der Waals surface area contributed by atoms with Gasteiger partial charge in [-0.05, 0) is 56.5 Å². The van der Waals surface area contributed by atoms with E-state index in [1.807, 2.05) is 45.0 Å². The number of furan rings is 1. The predicted molar refractivity (Wildman–Crippen MR) is 95.6 cm³/mol. The molecule has 24 heavy (non-hydrogen) atoms. The number of nitrogens with zero attached hydrogens (tertiary/aromatic N) is 1. The van der Waals surface area contributed by atoms with Crippen molar-refractivity contribution in [2.75, 3.05) is 0 Å². The SMILES string of the molecule is Cc1cc(Cl)c2oc(C(=O)NC(C)Cc3cccnc3)c(C)c2c1. The summed E-state index contributed by atoms with van der Waals surface area (Å²) in [6.07, 6.45) is 4.24. The molecule has 1 amide bonds. The van der Waals surface area contributed by atoms with Crippen molar-refractivity contribution in [3.63, 3.8) is 0 Å². The van der Waals surface area contributed by atoms with E-state index in [0.717, 1.165) is 22.1 Å². The van der Waals surface area contributed by atoms with Crippen LogP contribution in [0.1, 0.15) is 34.2 Å². The molecule has 0 aliphatic heterocycles. The average Bonchev–Trinajstić information content (AvgIpc) is 2.86. The van der Waals surface area contributed by atoms with Gasteiger partial charge < -0.3 is 9.73 Å². The molecule has 0 bridgehead atoms. The van der Waals surface area contributed by atoms with Crippen molar-refractivity contribution in [1.29, 1.82) is 0 Å². The fraction of sp³-hybridized carbons (Fsp3) is 0.263. The molecule has 5 heteroatoms. The maximum atomic E-state index is 12.6. The van der Waals surface area contributed by atoms with E-state index in [0.29, 0.717) is 22.8 Å². The van der Waals surface area contributed by atoms with Gasteiger partial charge in [-0.3, -0.25) is 9.78 Å². The summed E-state index contributed by atoms with van der Waals surface area (Å²) in [7, 11) is 0. The summed E-state index contributed by atoms with van der Waals surface area (Å²) in [6, 6.07) is 7.66. The van der Waals surface area contributed by atoms with Crippen molar-refractivity contribution >= 4 is 28.5 Å². The van der Waals surface area contributed by atoms with Crippen molar-refractivity contribution in [3.8, 4) is 0 Å². The molecule has 2 aromatic heterocycles. The zero-order valence-electron chi connectivity index (χ0n) is 13.9. The number of aromatic nitrogens is 1. The van der Waals surface area contributed by atoms with Crippen LogP contribution in [0.25, 0.3) is 11.0 Å². The lowest BCUT2D eigenvalue weighted by Gasteiger charge is -2.13. The Morgan fingerprint density at radius 1 is 1.38 bits per heavy atom. The molecule has 3 rings (SSSR count). The summed E-state index contributed by atoms with van der Waals surface area (Å²) in [4.78, 5) is 16.7. The standard InChI is InChI=1S/C19H19ClN2O2/c1-11-7-15-13(3)17(24-18(15)16(20)8-11)19(23)22-12(2)9-14-5-4-6-21-10-14/h4-8,10,12H,9H2,1-3H3,(H,22,23). The molecule has 0 radical (unpaired) electrons. The van der Waals surface area contributed by atoms with Crippen molar-refractivity contribution in [2.24, 2.45) is 0 Å². The number of amides is 1.